The van der Waals surface area contributed by atoms with Gasteiger partial charge < -0.3 is 9.13 Å². The molecule has 0 atom stereocenters. The van der Waals surface area contributed by atoms with Crippen LogP contribution in [0.2, 0.25) is 0 Å². The summed E-state index contributed by atoms with van der Waals surface area (Å²) < 4.78 is 7.55. The van der Waals surface area contributed by atoms with E-state index in [-0.39, 0.29) is 0 Å². The van der Waals surface area contributed by atoms with E-state index in [0.717, 1.165) is 33.6 Å². The van der Waals surface area contributed by atoms with Crippen molar-refractivity contribution in [1.82, 2.24) is 24.1 Å². The van der Waals surface area contributed by atoms with Crippen molar-refractivity contribution in [3.8, 4) is 45.5 Å². The minimum atomic E-state index is 0.634. The maximum Gasteiger partial charge on any atom is 0.164 e. The average molecular weight is 746 g/mol. The summed E-state index contributed by atoms with van der Waals surface area (Å²) in [5.74, 6) is 1.93. The summed E-state index contributed by atoms with van der Waals surface area (Å²) >= 11 is 1.90. The number of benzene rings is 8. The molecule has 266 valence electrons. The maximum atomic E-state index is 5.03. The van der Waals surface area contributed by atoms with E-state index >= 15 is 0 Å². The van der Waals surface area contributed by atoms with Crippen LogP contribution in [0.25, 0.3) is 109 Å². The van der Waals surface area contributed by atoms with Crippen LogP contribution in [0.15, 0.2) is 188 Å². The largest absolute Gasteiger partial charge is 0.307 e. The molecule has 0 aliphatic rings. The third kappa shape index (κ3) is 4.84. The molecule has 8 aromatic carbocycles. The second-order valence-corrected chi connectivity index (χ2v) is 15.4. The molecule has 5 nitrogen and oxygen atoms in total. The zero-order valence-corrected chi connectivity index (χ0v) is 31.4. The SMILES string of the molecule is c1ccc(-c2nc(-c3ccccc3)nc(-c3ccc(-n4c5ccccc5c5c6sc7ccccc7c6c6c7ccccc7n(-c7ccccc7)c6c54)cc3)n2)cc1. The summed E-state index contributed by atoms with van der Waals surface area (Å²) in [5, 5.41) is 7.65. The van der Waals surface area contributed by atoms with E-state index in [1.54, 1.807) is 0 Å². The van der Waals surface area contributed by atoms with E-state index in [4.69, 9.17) is 15.0 Å². The molecule has 0 spiro atoms. The topological polar surface area (TPSA) is 48.5 Å². The molecule has 12 aromatic rings. The molecule has 0 bridgehead atoms. The fraction of sp³-hybridized carbons (Fsp3) is 0. The predicted octanol–water partition coefficient (Wildman–Crippen LogP) is 13.4. The van der Waals surface area contributed by atoms with Gasteiger partial charge in [-0.2, -0.15) is 0 Å². The Balaban J connectivity index is 1.17. The Kier molecular flexibility index (Phi) is 7.03. The van der Waals surface area contributed by atoms with Crippen LogP contribution < -0.4 is 0 Å². The summed E-state index contributed by atoms with van der Waals surface area (Å²) in [4.78, 5) is 15.0. The zero-order chi connectivity index (χ0) is 37.5. The Morgan fingerprint density at radius 1 is 0.333 bits per heavy atom. The quantitative estimate of drug-likeness (QED) is 0.176. The van der Waals surface area contributed by atoms with Crippen LogP contribution in [0.5, 0.6) is 0 Å². The van der Waals surface area contributed by atoms with Gasteiger partial charge in [0.25, 0.3) is 0 Å². The van der Waals surface area contributed by atoms with Gasteiger partial charge in [0.05, 0.1) is 22.1 Å². The number of thiophene rings is 1. The van der Waals surface area contributed by atoms with Crippen LogP contribution in [-0.4, -0.2) is 24.1 Å². The van der Waals surface area contributed by atoms with Crippen molar-refractivity contribution in [2.24, 2.45) is 0 Å². The lowest BCUT2D eigenvalue weighted by molar-refractivity contribution is 1.07. The number of hydrogen-bond donors (Lipinski definition) is 0. The van der Waals surface area contributed by atoms with Gasteiger partial charge in [0.2, 0.25) is 0 Å². The number of rotatable bonds is 5. The van der Waals surface area contributed by atoms with E-state index in [9.17, 15) is 0 Å². The summed E-state index contributed by atoms with van der Waals surface area (Å²) in [7, 11) is 0. The van der Waals surface area contributed by atoms with Crippen molar-refractivity contribution in [2.75, 3.05) is 0 Å². The Bertz CT molecular complexity index is 3430. The highest BCUT2D eigenvalue weighted by Crippen LogP contribution is 2.51. The summed E-state index contributed by atoms with van der Waals surface area (Å²) in [5.41, 5.74) is 9.76. The number of fused-ring (bicyclic) bond motifs is 12. The molecule has 0 unspecified atom stereocenters. The number of aromatic nitrogens is 5. The minimum absolute atomic E-state index is 0.634. The zero-order valence-electron chi connectivity index (χ0n) is 30.5. The van der Waals surface area contributed by atoms with Gasteiger partial charge in [-0.1, -0.05) is 133 Å². The van der Waals surface area contributed by atoms with Crippen LogP contribution in [0.1, 0.15) is 0 Å². The molecule has 0 saturated carbocycles. The molecule has 6 heteroatoms. The minimum Gasteiger partial charge on any atom is -0.307 e. The van der Waals surface area contributed by atoms with Crippen molar-refractivity contribution in [2.45, 2.75) is 0 Å². The fourth-order valence-electron chi connectivity index (χ4n) is 8.69. The van der Waals surface area contributed by atoms with Crippen LogP contribution >= 0.6 is 11.3 Å². The first-order valence-electron chi connectivity index (χ1n) is 19.1. The molecule has 57 heavy (non-hydrogen) atoms. The monoisotopic (exact) mass is 745 g/mol. The number of hydrogen-bond acceptors (Lipinski definition) is 4. The van der Waals surface area contributed by atoms with Gasteiger partial charge in [-0.05, 0) is 54.6 Å². The van der Waals surface area contributed by atoms with Gasteiger partial charge in [0.1, 0.15) is 0 Å². The van der Waals surface area contributed by atoms with E-state index in [1.165, 1.54) is 58.3 Å². The Labute approximate surface area is 331 Å². The molecule has 4 heterocycles. The van der Waals surface area contributed by atoms with Crippen molar-refractivity contribution in [3.63, 3.8) is 0 Å². The molecular weight excluding hydrogens is 715 g/mol. The Morgan fingerprint density at radius 3 is 1.33 bits per heavy atom. The Hall–Kier alpha value is -7.41. The molecule has 4 aromatic heterocycles. The van der Waals surface area contributed by atoms with Gasteiger partial charge in [-0.3, -0.25) is 0 Å². The van der Waals surface area contributed by atoms with E-state index < -0.39 is 0 Å². The third-order valence-corrected chi connectivity index (χ3v) is 12.3. The third-order valence-electron chi connectivity index (χ3n) is 11.1. The first-order chi connectivity index (χ1) is 28.3. The van der Waals surface area contributed by atoms with Crippen molar-refractivity contribution in [3.05, 3.63) is 188 Å². The fourth-order valence-corrected chi connectivity index (χ4v) is 9.96. The highest BCUT2D eigenvalue weighted by molar-refractivity contribution is 7.27. The van der Waals surface area contributed by atoms with Crippen molar-refractivity contribution in [1.29, 1.82) is 0 Å². The van der Waals surface area contributed by atoms with Crippen LogP contribution in [-0.2, 0) is 0 Å². The second kappa shape index (κ2) is 12.6. The van der Waals surface area contributed by atoms with Gasteiger partial charge in [-0.15, -0.1) is 11.3 Å². The average Bonchev–Trinajstić information content (AvgIpc) is 3.95. The standard InChI is InChI=1S/C51H31N5S/c1-4-16-32(17-5-1)49-52-50(33-18-6-2-7-19-33)54-51(53-49)34-28-30-36(31-29-34)56-41-26-14-11-23-38(41)45-47(56)46-43(44-39-24-12-15-27-42(39)57-48(44)45)37-22-10-13-25-40(37)55(46)35-20-8-3-9-21-35/h1-31H. The normalized spacial score (nSPS) is 11.9. The lowest BCUT2D eigenvalue weighted by atomic mass is 10.0. The first-order valence-corrected chi connectivity index (χ1v) is 19.9. The molecule has 0 aliphatic carbocycles. The first kappa shape index (κ1) is 31.9. The molecule has 0 fully saturated rings. The lowest BCUT2D eigenvalue weighted by Crippen LogP contribution is -2.01. The molecule has 0 amide bonds. The van der Waals surface area contributed by atoms with Crippen molar-refractivity contribution < 1.29 is 0 Å². The van der Waals surface area contributed by atoms with Gasteiger partial charge in [0.15, 0.2) is 17.5 Å². The van der Waals surface area contributed by atoms with Crippen LogP contribution in [0.4, 0.5) is 0 Å². The highest BCUT2D eigenvalue weighted by Gasteiger charge is 2.26. The number of para-hydroxylation sites is 3. The van der Waals surface area contributed by atoms with Gasteiger partial charge >= 0.3 is 0 Å². The predicted molar refractivity (Wildman–Crippen MR) is 238 cm³/mol. The lowest BCUT2D eigenvalue weighted by Gasteiger charge is -2.14. The Morgan fingerprint density at radius 2 is 0.754 bits per heavy atom. The molecule has 0 radical (unpaired) electrons. The molecule has 12 rings (SSSR count). The molecule has 0 aliphatic heterocycles. The summed E-state index contributed by atoms with van der Waals surface area (Å²) in [6.45, 7) is 0. The second-order valence-electron chi connectivity index (χ2n) is 14.4. The number of nitrogens with zero attached hydrogens (tertiary/aromatic N) is 5. The summed E-state index contributed by atoms with van der Waals surface area (Å²) in [6.07, 6.45) is 0. The highest BCUT2D eigenvalue weighted by atomic mass is 32.1. The molecule has 0 saturated heterocycles. The van der Waals surface area contributed by atoms with Gasteiger partial charge in [-0.25, -0.2) is 15.0 Å². The molecular formula is C51H31N5S. The van der Waals surface area contributed by atoms with Crippen molar-refractivity contribution >= 4 is 75.1 Å². The van der Waals surface area contributed by atoms with Crippen LogP contribution in [0, 0.1) is 0 Å². The smallest absolute Gasteiger partial charge is 0.164 e. The summed E-state index contributed by atoms with van der Waals surface area (Å²) in [6, 6.07) is 66.4. The van der Waals surface area contributed by atoms with Crippen LogP contribution in [0.3, 0.4) is 0 Å². The molecule has 0 N–H and O–H groups in total. The van der Waals surface area contributed by atoms with E-state index in [1.807, 2.05) is 72.0 Å². The van der Waals surface area contributed by atoms with Gasteiger partial charge in [0, 0.05) is 69.8 Å². The van der Waals surface area contributed by atoms with E-state index in [0.29, 0.717) is 17.5 Å². The maximum absolute atomic E-state index is 5.03. The van der Waals surface area contributed by atoms with E-state index in [2.05, 4.69) is 137 Å².